The molecule has 1 amide bonds. The summed E-state index contributed by atoms with van der Waals surface area (Å²) < 4.78 is 6.29. The number of ether oxygens (including phenoxy) is 1. The van der Waals surface area contributed by atoms with Gasteiger partial charge in [0.05, 0.1) is 7.11 Å². The molecule has 0 fully saturated rings. The van der Waals surface area contributed by atoms with Gasteiger partial charge in [-0.1, -0.05) is 36.7 Å². The van der Waals surface area contributed by atoms with Crippen LogP contribution in [0.4, 0.5) is 0 Å². The first-order chi connectivity index (χ1) is 8.25. The van der Waals surface area contributed by atoms with E-state index in [2.05, 4.69) is 15.9 Å². The highest BCUT2D eigenvalue weighted by atomic mass is 79.9. The minimum Gasteiger partial charge on any atom is -0.496 e. The first-order valence-electron chi connectivity index (χ1n) is 5.83. The summed E-state index contributed by atoms with van der Waals surface area (Å²) in [4.78, 5) is 13.9. The Morgan fingerprint density at radius 1 is 1.39 bits per heavy atom. The number of hydrogen-bond acceptors (Lipinski definition) is 2. The first kappa shape index (κ1) is 15.0. The molecule has 18 heavy (non-hydrogen) atoms. The summed E-state index contributed by atoms with van der Waals surface area (Å²) in [5.74, 6) is 0.913. The van der Waals surface area contributed by atoms with Gasteiger partial charge in [-0.3, -0.25) is 4.79 Å². The fourth-order valence-electron chi connectivity index (χ4n) is 1.77. The average molecular weight is 314 g/mol. The van der Waals surface area contributed by atoms with Gasteiger partial charge in [0.2, 0.25) is 5.91 Å². The lowest BCUT2D eigenvalue weighted by Gasteiger charge is -2.26. The largest absolute Gasteiger partial charge is 0.496 e. The van der Waals surface area contributed by atoms with E-state index < -0.39 is 0 Å². The highest BCUT2D eigenvalue weighted by Crippen LogP contribution is 2.25. The zero-order valence-corrected chi connectivity index (χ0v) is 13.2. The van der Waals surface area contributed by atoms with Crippen molar-refractivity contribution in [2.24, 2.45) is 5.41 Å². The third kappa shape index (κ3) is 3.73. The van der Waals surface area contributed by atoms with Crippen molar-refractivity contribution in [2.45, 2.75) is 27.3 Å². The van der Waals surface area contributed by atoms with E-state index in [0.717, 1.165) is 15.8 Å². The van der Waals surface area contributed by atoms with E-state index >= 15 is 0 Å². The SMILES string of the molecule is COc1ccc(Br)cc1CN(C)C(=O)C(C)(C)C. The Morgan fingerprint density at radius 3 is 2.50 bits per heavy atom. The van der Waals surface area contributed by atoms with E-state index in [1.54, 1.807) is 12.0 Å². The molecule has 0 aliphatic carbocycles. The lowest BCUT2D eigenvalue weighted by molar-refractivity contribution is -0.138. The van der Waals surface area contributed by atoms with Crippen molar-refractivity contribution in [1.82, 2.24) is 4.90 Å². The summed E-state index contributed by atoms with van der Waals surface area (Å²) in [6.07, 6.45) is 0. The Morgan fingerprint density at radius 2 is 2.00 bits per heavy atom. The maximum absolute atomic E-state index is 12.1. The second kappa shape index (κ2) is 5.74. The molecule has 1 aromatic rings. The van der Waals surface area contributed by atoms with Gasteiger partial charge in [0.15, 0.2) is 0 Å². The lowest BCUT2D eigenvalue weighted by atomic mass is 9.95. The van der Waals surface area contributed by atoms with Gasteiger partial charge in [-0.25, -0.2) is 0 Å². The van der Waals surface area contributed by atoms with E-state index in [1.807, 2.05) is 46.0 Å². The Bertz CT molecular complexity index is 438. The first-order valence-corrected chi connectivity index (χ1v) is 6.63. The maximum Gasteiger partial charge on any atom is 0.227 e. The van der Waals surface area contributed by atoms with E-state index in [-0.39, 0.29) is 11.3 Å². The van der Waals surface area contributed by atoms with Crippen molar-refractivity contribution in [3.63, 3.8) is 0 Å². The van der Waals surface area contributed by atoms with Crippen LogP contribution in [0.2, 0.25) is 0 Å². The van der Waals surface area contributed by atoms with Crippen LogP contribution in [-0.4, -0.2) is 25.0 Å². The quantitative estimate of drug-likeness (QED) is 0.855. The van der Waals surface area contributed by atoms with Crippen LogP contribution in [0.15, 0.2) is 22.7 Å². The summed E-state index contributed by atoms with van der Waals surface area (Å²) in [6.45, 7) is 6.30. The number of carbonyl (C=O) groups is 1. The fourth-order valence-corrected chi connectivity index (χ4v) is 2.18. The van der Waals surface area contributed by atoms with Crippen LogP contribution in [0.1, 0.15) is 26.3 Å². The minimum atomic E-state index is -0.367. The number of halogens is 1. The van der Waals surface area contributed by atoms with Gasteiger partial charge in [-0.05, 0) is 18.2 Å². The Hall–Kier alpha value is -1.03. The molecule has 0 spiro atoms. The topological polar surface area (TPSA) is 29.5 Å². The van der Waals surface area contributed by atoms with Crippen LogP contribution in [-0.2, 0) is 11.3 Å². The number of amides is 1. The van der Waals surface area contributed by atoms with Gasteiger partial charge >= 0.3 is 0 Å². The number of nitrogens with zero attached hydrogens (tertiary/aromatic N) is 1. The van der Waals surface area contributed by atoms with Crippen LogP contribution in [0, 0.1) is 5.41 Å². The average Bonchev–Trinajstić information content (AvgIpc) is 2.27. The van der Waals surface area contributed by atoms with Crippen LogP contribution >= 0.6 is 15.9 Å². The lowest BCUT2D eigenvalue weighted by Crippen LogP contribution is -2.36. The van der Waals surface area contributed by atoms with Gasteiger partial charge in [0.25, 0.3) is 0 Å². The highest BCUT2D eigenvalue weighted by molar-refractivity contribution is 9.10. The number of carbonyl (C=O) groups excluding carboxylic acids is 1. The van der Waals surface area contributed by atoms with Crippen molar-refractivity contribution < 1.29 is 9.53 Å². The summed E-state index contributed by atoms with van der Waals surface area (Å²) >= 11 is 3.43. The molecule has 0 aliphatic rings. The van der Waals surface area contributed by atoms with E-state index in [1.165, 1.54) is 0 Å². The molecule has 0 saturated carbocycles. The zero-order chi connectivity index (χ0) is 13.9. The molecule has 0 N–H and O–H groups in total. The second-order valence-corrected chi connectivity index (χ2v) is 6.28. The maximum atomic E-state index is 12.1. The van der Waals surface area contributed by atoms with E-state index in [0.29, 0.717) is 6.54 Å². The molecule has 0 heterocycles. The molecule has 4 heteroatoms. The third-order valence-electron chi connectivity index (χ3n) is 2.64. The number of methoxy groups -OCH3 is 1. The molecule has 0 unspecified atom stereocenters. The molecule has 1 aromatic carbocycles. The van der Waals surface area contributed by atoms with E-state index in [4.69, 9.17) is 4.74 Å². The summed E-state index contributed by atoms with van der Waals surface area (Å²) in [7, 11) is 3.45. The molecule has 0 aliphatic heterocycles. The molecule has 0 radical (unpaired) electrons. The molecular weight excluding hydrogens is 294 g/mol. The molecule has 0 bridgehead atoms. The number of hydrogen-bond donors (Lipinski definition) is 0. The Balaban J connectivity index is 2.91. The van der Waals surface area contributed by atoms with Crippen LogP contribution in [0.3, 0.4) is 0 Å². The molecule has 3 nitrogen and oxygen atoms in total. The van der Waals surface area contributed by atoms with Crippen LogP contribution in [0.25, 0.3) is 0 Å². The van der Waals surface area contributed by atoms with Crippen molar-refractivity contribution in [1.29, 1.82) is 0 Å². The smallest absolute Gasteiger partial charge is 0.227 e. The van der Waals surface area contributed by atoms with Gasteiger partial charge in [0, 0.05) is 29.0 Å². The monoisotopic (exact) mass is 313 g/mol. The number of rotatable bonds is 3. The van der Waals surface area contributed by atoms with Gasteiger partial charge < -0.3 is 9.64 Å². The predicted molar refractivity (Wildman–Crippen MR) is 76.6 cm³/mol. The van der Waals surface area contributed by atoms with Crippen molar-refractivity contribution in [2.75, 3.05) is 14.2 Å². The normalized spacial score (nSPS) is 11.2. The van der Waals surface area contributed by atoms with Crippen molar-refractivity contribution >= 4 is 21.8 Å². The van der Waals surface area contributed by atoms with Crippen LogP contribution in [0.5, 0.6) is 5.75 Å². The summed E-state index contributed by atoms with van der Waals surface area (Å²) in [5.41, 5.74) is 0.626. The zero-order valence-electron chi connectivity index (χ0n) is 11.6. The third-order valence-corrected chi connectivity index (χ3v) is 3.13. The number of benzene rings is 1. The predicted octanol–water partition coefficient (Wildman–Crippen LogP) is 3.46. The van der Waals surface area contributed by atoms with Crippen molar-refractivity contribution in [3.05, 3.63) is 28.2 Å². The standard InChI is InChI=1S/C14H20BrNO2/c1-14(2,3)13(17)16(4)9-10-8-11(15)6-7-12(10)18-5/h6-8H,9H2,1-5H3. The van der Waals surface area contributed by atoms with Gasteiger partial charge in [0.1, 0.15) is 5.75 Å². The minimum absolute atomic E-state index is 0.115. The molecule has 0 atom stereocenters. The molecule has 1 rings (SSSR count). The Kier molecular flexibility index (Phi) is 4.79. The summed E-state index contributed by atoms with van der Waals surface area (Å²) in [5, 5.41) is 0. The second-order valence-electron chi connectivity index (χ2n) is 5.37. The molecule has 0 aromatic heterocycles. The molecule has 0 saturated heterocycles. The van der Waals surface area contributed by atoms with Gasteiger partial charge in [-0.15, -0.1) is 0 Å². The summed E-state index contributed by atoms with van der Waals surface area (Å²) in [6, 6.07) is 5.80. The van der Waals surface area contributed by atoms with Crippen LogP contribution < -0.4 is 4.74 Å². The fraction of sp³-hybridized carbons (Fsp3) is 0.500. The molecule has 100 valence electrons. The molecular formula is C14H20BrNO2. The highest BCUT2D eigenvalue weighted by Gasteiger charge is 2.25. The Labute approximate surface area is 117 Å². The van der Waals surface area contributed by atoms with Crippen molar-refractivity contribution in [3.8, 4) is 5.75 Å². The van der Waals surface area contributed by atoms with E-state index in [9.17, 15) is 4.79 Å². The van der Waals surface area contributed by atoms with Gasteiger partial charge in [-0.2, -0.15) is 0 Å².